The monoisotopic (exact) mass is 454 g/mol. The van der Waals surface area contributed by atoms with E-state index >= 15 is 0 Å². The fraction of sp³-hybridized carbons (Fsp3) is 0.333. The summed E-state index contributed by atoms with van der Waals surface area (Å²) in [6.45, 7) is 6.23. The van der Waals surface area contributed by atoms with Crippen molar-refractivity contribution < 1.29 is 4.79 Å². The second-order valence-corrected chi connectivity index (χ2v) is 9.11. The smallest absolute Gasteiger partial charge is 0.225 e. The predicted octanol–water partition coefficient (Wildman–Crippen LogP) is 4.31. The van der Waals surface area contributed by atoms with Crippen LogP contribution in [0.2, 0.25) is 0 Å². The van der Waals surface area contributed by atoms with E-state index < -0.39 is 0 Å². The van der Waals surface area contributed by atoms with Crippen molar-refractivity contribution in [3.05, 3.63) is 77.6 Å². The second-order valence-electron chi connectivity index (χ2n) is 9.11. The summed E-state index contributed by atoms with van der Waals surface area (Å²) in [7, 11) is 1.90. The number of para-hydroxylation sites is 1. The number of hydrogen-bond donors (Lipinski definition) is 0. The molecule has 3 heterocycles. The number of fused-ring (bicyclic) bond motifs is 1. The molecule has 174 valence electrons. The molecule has 7 nitrogen and oxygen atoms in total. The van der Waals surface area contributed by atoms with Crippen molar-refractivity contribution in [1.82, 2.24) is 24.9 Å². The molecule has 4 aromatic rings. The molecule has 1 fully saturated rings. The van der Waals surface area contributed by atoms with Gasteiger partial charge in [0.25, 0.3) is 0 Å². The van der Waals surface area contributed by atoms with Crippen molar-refractivity contribution in [3.8, 4) is 5.69 Å². The summed E-state index contributed by atoms with van der Waals surface area (Å²) >= 11 is 0. The maximum Gasteiger partial charge on any atom is 0.225 e. The van der Waals surface area contributed by atoms with Gasteiger partial charge in [0.1, 0.15) is 5.52 Å². The third-order valence-electron chi connectivity index (χ3n) is 6.77. The van der Waals surface area contributed by atoms with E-state index in [0.29, 0.717) is 6.54 Å². The largest absolute Gasteiger partial charge is 0.353 e. The molecule has 2 aromatic heterocycles. The van der Waals surface area contributed by atoms with Gasteiger partial charge in [-0.3, -0.25) is 4.79 Å². The number of nitrogens with zero attached hydrogens (tertiary/aromatic N) is 6. The number of rotatable bonds is 5. The molecule has 0 aliphatic carbocycles. The van der Waals surface area contributed by atoms with Crippen LogP contribution in [-0.4, -0.2) is 50.9 Å². The lowest BCUT2D eigenvalue weighted by atomic mass is 9.95. The molecule has 1 aliphatic rings. The minimum Gasteiger partial charge on any atom is -0.353 e. The van der Waals surface area contributed by atoms with Crippen LogP contribution in [-0.2, 0) is 11.3 Å². The Hall–Kier alpha value is -3.74. The number of carbonyl (C=O) groups is 1. The van der Waals surface area contributed by atoms with Gasteiger partial charge in [0, 0.05) is 32.6 Å². The van der Waals surface area contributed by atoms with Crippen molar-refractivity contribution in [1.29, 1.82) is 0 Å². The van der Waals surface area contributed by atoms with Crippen molar-refractivity contribution >= 4 is 22.6 Å². The third-order valence-corrected chi connectivity index (χ3v) is 6.77. The zero-order valence-corrected chi connectivity index (χ0v) is 20.0. The second kappa shape index (κ2) is 9.25. The number of aryl methyl sites for hydroxylation is 2. The minimum absolute atomic E-state index is 0.0301. The van der Waals surface area contributed by atoms with Gasteiger partial charge >= 0.3 is 0 Å². The molecule has 0 spiro atoms. The molecule has 0 radical (unpaired) electrons. The standard InChI is InChI=1S/C27H30N6O/c1-19-24-20(2)33(23-12-8-5-9-13-23)30-25(24)26(29-28-19)32-16-14-22(15-17-32)27(34)31(3)18-21-10-6-4-7-11-21/h4-13,22H,14-18H2,1-3H3. The first-order chi connectivity index (χ1) is 16.5. The highest BCUT2D eigenvalue weighted by atomic mass is 16.2. The molecule has 0 atom stereocenters. The highest BCUT2D eigenvalue weighted by Gasteiger charge is 2.29. The molecule has 1 amide bonds. The number of hydrogen-bond acceptors (Lipinski definition) is 5. The molecule has 0 saturated carbocycles. The first-order valence-electron chi connectivity index (χ1n) is 11.8. The Balaban J connectivity index is 1.34. The quantitative estimate of drug-likeness (QED) is 0.450. The molecular weight excluding hydrogens is 424 g/mol. The summed E-state index contributed by atoms with van der Waals surface area (Å²) in [5, 5.41) is 15.0. The minimum atomic E-state index is 0.0301. The van der Waals surface area contributed by atoms with Crippen molar-refractivity contribution in [2.75, 3.05) is 25.0 Å². The molecular formula is C27H30N6O. The van der Waals surface area contributed by atoms with Crippen LogP contribution in [0.3, 0.4) is 0 Å². The Bertz CT molecular complexity index is 1290. The van der Waals surface area contributed by atoms with E-state index in [9.17, 15) is 4.79 Å². The molecule has 1 saturated heterocycles. The van der Waals surface area contributed by atoms with E-state index in [-0.39, 0.29) is 11.8 Å². The number of amides is 1. The van der Waals surface area contributed by atoms with Gasteiger partial charge in [-0.1, -0.05) is 48.5 Å². The van der Waals surface area contributed by atoms with Gasteiger partial charge in [-0.15, -0.1) is 5.10 Å². The number of carbonyl (C=O) groups excluding carboxylic acids is 1. The van der Waals surface area contributed by atoms with Gasteiger partial charge in [-0.2, -0.15) is 10.2 Å². The summed E-state index contributed by atoms with van der Waals surface area (Å²) in [5.74, 6) is 1.05. The van der Waals surface area contributed by atoms with Gasteiger partial charge in [0.15, 0.2) is 5.82 Å². The highest BCUT2D eigenvalue weighted by Crippen LogP contribution is 2.31. The lowest BCUT2D eigenvalue weighted by Gasteiger charge is -2.33. The van der Waals surface area contributed by atoms with Crippen molar-refractivity contribution in [2.24, 2.45) is 5.92 Å². The molecule has 0 unspecified atom stereocenters. The average Bonchev–Trinajstić information content (AvgIpc) is 3.23. The first kappa shape index (κ1) is 22.1. The maximum atomic E-state index is 13.1. The number of piperidine rings is 1. The van der Waals surface area contributed by atoms with Crippen molar-refractivity contribution in [2.45, 2.75) is 33.2 Å². The Kier molecular flexibility index (Phi) is 6.01. The summed E-state index contributed by atoms with van der Waals surface area (Å²) in [6.07, 6.45) is 1.60. The van der Waals surface area contributed by atoms with Crippen LogP contribution in [0.15, 0.2) is 60.7 Å². The van der Waals surface area contributed by atoms with Crippen LogP contribution in [0.5, 0.6) is 0 Å². The third kappa shape index (κ3) is 4.14. The molecule has 0 bridgehead atoms. The van der Waals surface area contributed by atoms with Crippen LogP contribution >= 0.6 is 0 Å². The van der Waals surface area contributed by atoms with Crippen LogP contribution in [0, 0.1) is 19.8 Å². The van der Waals surface area contributed by atoms with E-state index in [1.807, 2.05) is 60.0 Å². The zero-order valence-electron chi connectivity index (χ0n) is 20.0. The van der Waals surface area contributed by atoms with E-state index in [1.54, 1.807) is 0 Å². The molecule has 7 heteroatoms. The summed E-state index contributed by atoms with van der Waals surface area (Å²) in [6, 6.07) is 20.3. The predicted molar refractivity (Wildman–Crippen MR) is 134 cm³/mol. The molecule has 5 rings (SSSR count). The Morgan fingerprint density at radius 3 is 2.29 bits per heavy atom. The fourth-order valence-corrected chi connectivity index (χ4v) is 4.93. The summed E-state index contributed by atoms with van der Waals surface area (Å²) in [5.41, 5.74) is 4.98. The lowest BCUT2D eigenvalue weighted by molar-refractivity contribution is -0.135. The van der Waals surface area contributed by atoms with Crippen LogP contribution < -0.4 is 4.90 Å². The van der Waals surface area contributed by atoms with Crippen LogP contribution in [0.25, 0.3) is 16.6 Å². The van der Waals surface area contributed by atoms with Gasteiger partial charge in [0.2, 0.25) is 5.91 Å². The van der Waals surface area contributed by atoms with Crippen LogP contribution in [0.4, 0.5) is 5.82 Å². The molecule has 2 aromatic carbocycles. The summed E-state index contributed by atoms with van der Waals surface area (Å²) < 4.78 is 1.97. The Labute approximate surface area is 200 Å². The van der Waals surface area contributed by atoms with Gasteiger partial charge in [-0.05, 0) is 44.4 Å². The molecule has 0 N–H and O–H groups in total. The summed E-state index contributed by atoms with van der Waals surface area (Å²) in [4.78, 5) is 17.2. The van der Waals surface area contributed by atoms with Gasteiger partial charge in [0.05, 0.1) is 22.5 Å². The lowest BCUT2D eigenvalue weighted by Crippen LogP contribution is -2.41. The maximum absolute atomic E-state index is 13.1. The number of anilines is 1. The average molecular weight is 455 g/mol. The highest BCUT2D eigenvalue weighted by molar-refractivity contribution is 5.92. The van der Waals surface area contributed by atoms with Gasteiger partial charge in [-0.25, -0.2) is 4.68 Å². The normalized spacial score (nSPS) is 14.5. The van der Waals surface area contributed by atoms with E-state index in [4.69, 9.17) is 5.10 Å². The number of aromatic nitrogens is 4. The fourth-order valence-electron chi connectivity index (χ4n) is 4.93. The Morgan fingerprint density at radius 2 is 1.62 bits per heavy atom. The first-order valence-corrected chi connectivity index (χ1v) is 11.8. The van der Waals surface area contributed by atoms with Gasteiger partial charge < -0.3 is 9.80 Å². The van der Waals surface area contributed by atoms with E-state index in [2.05, 4.69) is 46.3 Å². The Morgan fingerprint density at radius 1 is 0.971 bits per heavy atom. The van der Waals surface area contributed by atoms with E-state index in [0.717, 1.165) is 65.3 Å². The van der Waals surface area contributed by atoms with Crippen molar-refractivity contribution in [3.63, 3.8) is 0 Å². The molecule has 1 aliphatic heterocycles. The number of benzene rings is 2. The van der Waals surface area contributed by atoms with E-state index in [1.165, 1.54) is 0 Å². The topological polar surface area (TPSA) is 67.2 Å². The zero-order chi connectivity index (χ0) is 23.7. The SMILES string of the molecule is Cc1nnc(N2CCC(C(=O)N(C)Cc3ccccc3)CC2)c2nn(-c3ccccc3)c(C)c12. The van der Waals surface area contributed by atoms with Crippen LogP contribution in [0.1, 0.15) is 29.8 Å². The molecule has 34 heavy (non-hydrogen) atoms.